The van der Waals surface area contributed by atoms with Crippen LogP contribution in [0.4, 0.5) is 22.0 Å². The number of aliphatic hydroxyl groups excluding tert-OH is 1. The molecule has 1 aromatic carbocycles. The predicted octanol–water partition coefficient (Wildman–Crippen LogP) is 2.99. The molecule has 0 aliphatic rings. The first-order valence-electron chi connectivity index (χ1n) is 4.71. The van der Waals surface area contributed by atoms with Crippen molar-refractivity contribution in [1.82, 2.24) is 0 Å². The van der Waals surface area contributed by atoms with Gasteiger partial charge in [0.25, 0.3) is 5.92 Å². The zero-order chi connectivity index (χ0) is 14.1. The molecule has 8 heteroatoms. The van der Waals surface area contributed by atoms with Crippen LogP contribution in [0.15, 0.2) is 18.2 Å². The van der Waals surface area contributed by atoms with E-state index in [4.69, 9.17) is 22.4 Å². The van der Waals surface area contributed by atoms with Crippen molar-refractivity contribution in [3.8, 4) is 0 Å². The summed E-state index contributed by atoms with van der Waals surface area (Å²) in [6.45, 7) is -1.58. The van der Waals surface area contributed by atoms with Gasteiger partial charge in [-0.05, 0) is 11.6 Å². The SMILES string of the molecule is N[C@H](c1cccc(C(F)(F)F)c1Cl)C(F)(F)CO. The molecular weight excluding hydrogens is 281 g/mol. The lowest BCUT2D eigenvalue weighted by atomic mass is 9.99. The molecule has 2 nitrogen and oxygen atoms in total. The van der Waals surface area contributed by atoms with E-state index >= 15 is 0 Å². The van der Waals surface area contributed by atoms with Gasteiger partial charge in [0.05, 0.1) is 16.6 Å². The van der Waals surface area contributed by atoms with E-state index in [2.05, 4.69) is 0 Å². The summed E-state index contributed by atoms with van der Waals surface area (Å²) in [6, 6.07) is 0.441. The third-order valence-corrected chi connectivity index (χ3v) is 2.76. The van der Waals surface area contributed by atoms with E-state index in [1.54, 1.807) is 0 Å². The highest BCUT2D eigenvalue weighted by Gasteiger charge is 2.41. The maximum atomic E-state index is 13.1. The Morgan fingerprint density at radius 3 is 2.22 bits per heavy atom. The quantitative estimate of drug-likeness (QED) is 0.840. The Hall–Kier alpha value is -0.920. The first kappa shape index (κ1) is 15.1. The summed E-state index contributed by atoms with van der Waals surface area (Å²) in [4.78, 5) is 0. The van der Waals surface area contributed by atoms with E-state index in [1.807, 2.05) is 0 Å². The fourth-order valence-corrected chi connectivity index (χ4v) is 1.69. The van der Waals surface area contributed by atoms with E-state index in [-0.39, 0.29) is 0 Å². The molecule has 3 N–H and O–H groups in total. The van der Waals surface area contributed by atoms with E-state index in [1.165, 1.54) is 0 Å². The summed E-state index contributed by atoms with van der Waals surface area (Å²) < 4.78 is 63.8. The van der Waals surface area contributed by atoms with Crippen molar-refractivity contribution < 1.29 is 27.1 Å². The van der Waals surface area contributed by atoms with Gasteiger partial charge in [-0.2, -0.15) is 13.2 Å². The van der Waals surface area contributed by atoms with Gasteiger partial charge in [-0.25, -0.2) is 8.78 Å². The fourth-order valence-electron chi connectivity index (χ4n) is 1.33. The molecule has 102 valence electrons. The second kappa shape index (κ2) is 4.99. The highest BCUT2D eigenvalue weighted by molar-refractivity contribution is 6.32. The minimum Gasteiger partial charge on any atom is -0.390 e. The molecule has 0 bridgehead atoms. The second-order valence-electron chi connectivity index (χ2n) is 3.60. The Morgan fingerprint density at radius 2 is 1.78 bits per heavy atom. The second-order valence-corrected chi connectivity index (χ2v) is 3.98. The maximum Gasteiger partial charge on any atom is 0.417 e. The fraction of sp³-hybridized carbons (Fsp3) is 0.400. The molecule has 0 aliphatic heterocycles. The van der Waals surface area contributed by atoms with Crippen LogP contribution in [0.3, 0.4) is 0 Å². The zero-order valence-electron chi connectivity index (χ0n) is 8.81. The standard InChI is InChI=1S/C10H9ClF5NO/c11-7-5(8(17)9(12,13)4-18)2-1-3-6(7)10(14,15)16/h1-3,8,18H,4,17H2/t8-/m1/s1. The number of rotatable bonds is 3. The number of benzene rings is 1. The monoisotopic (exact) mass is 289 g/mol. The van der Waals surface area contributed by atoms with E-state index < -0.39 is 40.9 Å². The molecule has 0 radical (unpaired) electrons. The summed E-state index contributed by atoms with van der Waals surface area (Å²) in [6.07, 6.45) is -4.76. The predicted molar refractivity (Wildman–Crippen MR) is 55.4 cm³/mol. The van der Waals surface area contributed by atoms with Gasteiger partial charge in [0.15, 0.2) is 0 Å². The van der Waals surface area contributed by atoms with Crippen LogP contribution in [-0.4, -0.2) is 17.6 Å². The summed E-state index contributed by atoms with van der Waals surface area (Å²) in [5.41, 5.74) is 3.33. The Kier molecular flexibility index (Phi) is 4.19. The first-order valence-corrected chi connectivity index (χ1v) is 5.09. The number of alkyl halides is 5. The Morgan fingerprint density at radius 1 is 1.22 bits per heavy atom. The van der Waals surface area contributed by atoms with Crippen LogP contribution in [0.1, 0.15) is 17.2 Å². The van der Waals surface area contributed by atoms with Crippen molar-refractivity contribution in [3.05, 3.63) is 34.3 Å². The van der Waals surface area contributed by atoms with Crippen molar-refractivity contribution >= 4 is 11.6 Å². The lowest BCUT2D eigenvalue weighted by Crippen LogP contribution is -2.36. The van der Waals surface area contributed by atoms with Gasteiger partial charge in [-0.15, -0.1) is 0 Å². The van der Waals surface area contributed by atoms with E-state index in [0.717, 1.165) is 12.1 Å². The first-order chi connectivity index (χ1) is 8.11. The number of hydrogen-bond acceptors (Lipinski definition) is 2. The summed E-state index contributed by atoms with van der Waals surface area (Å²) in [5, 5.41) is 7.57. The van der Waals surface area contributed by atoms with Gasteiger partial charge >= 0.3 is 6.18 Å². The highest BCUT2D eigenvalue weighted by Crippen LogP contribution is 2.40. The Balaban J connectivity index is 3.28. The third kappa shape index (κ3) is 2.90. The normalized spacial score (nSPS) is 14.7. The minimum atomic E-state index is -4.76. The van der Waals surface area contributed by atoms with Crippen LogP contribution in [0.2, 0.25) is 5.02 Å². The molecule has 0 aromatic heterocycles. The minimum absolute atomic E-state index is 0.564. The van der Waals surface area contributed by atoms with Gasteiger partial charge in [0, 0.05) is 0 Å². The van der Waals surface area contributed by atoms with Crippen LogP contribution < -0.4 is 5.73 Å². The molecule has 1 rings (SSSR count). The van der Waals surface area contributed by atoms with E-state index in [9.17, 15) is 22.0 Å². The van der Waals surface area contributed by atoms with Crippen molar-refractivity contribution in [3.63, 3.8) is 0 Å². The summed E-state index contributed by atoms with van der Waals surface area (Å²) >= 11 is 5.44. The molecule has 0 saturated heterocycles. The van der Waals surface area contributed by atoms with Crippen LogP contribution in [0, 0.1) is 0 Å². The van der Waals surface area contributed by atoms with Crippen LogP contribution in [0.5, 0.6) is 0 Å². The molecule has 0 fully saturated rings. The largest absolute Gasteiger partial charge is 0.417 e. The molecule has 1 atom stereocenters. The Bertz CT molecular complexity index is 435. The van der Waals surface area contributed by atoms with Crippen molar-refractivity contribution in [2.45, 2.75) is 18.1 Å². The number of hydrogen-bond donors (Lipinski definition) is 2. The van der Waals surface area contributed by atoms with Gasteiger partial charge in [-0.3, -0.25) is 0 Å². The molecular formula is C10H9ClF5NO. The van der Waals surface area contributed by atoms with Gasteiger partial charge in [-0.1, -0.05) is 23.7 Å². The molecule has 0 saturated carbocycles. The number of nitrogens with two attached hydrogens (primary N) is 1. The smallest absolute Gasteiger partial charge is 0.390 e. The highest BCUT2D eigenvalue weighted by atomic mass is 35.5. The zero-order valence-corrected chi connectivity index (χ0v) is 9.56. The van der Waals surface area contributed by atoms with Crippen LogP contribution >= 0.6 is 11.6 Å². The van der Waals surface area contributed by atoms with Gasteiger partial charge in [0.1, 0.15) is 6.61 Å². The lowest BCUT2D eigenvalue weighted by Gasteiger charge is -2.23. The lowest BCUT2D eigenvalue weighted by molar-refractivity contribution is -0.137. The molecule has 0 amide bonds. The van der Waals surface area contributed by atoms with Crippen LogP contribution in [-0.2, 0) is 6.18 Å². The number of halogens is 6. The van der Waals surface area contributed by atoms with Gasteiger partial charge < -0.3 is 10.8 Å². The van der Waals surface area contributed by atoms with Crippen molar-refractivity contribution in [1.29, 1.82) is 0 Å². The molecule has 0 spiro atoms. The topological polar surface area (TPSA) is 46.2 Å². The number of aliphatic hydroxyl groups is 1. The van der Waals surface area contributed by atoms with Crippen LogP contribution in [0.25, 0.3) is 0 Å². The summed E-state index contributed by atoms with van der Waals surface area (Å²) in [7, 11) is 0. The molecule has 1 aromatic rings. The van der Waals surface area contributed by atoms with Crippen molar-refractivity contribution in [2.24, 2.45) is 5.73 Å². The maximum absolute atomic E-state index is 13.1. The van der Waals surface area contributed by atoms with E-state index in [0.29, 0.717) is 6.07 Å². The summed E-state index contributed by atoms with van der Waals surface area (Å²) in [5.74, 6) is -3.76. The molecule has 18 heavy (non-hydrogen) atoms. The average Bonchev–Trinajstić information content (AvgIpc) is 2.27. The molecule has 0 aliphatic carbocycles. The van der Waals surface area contributed by atoms with Gasteiger partial charge in [0.2, 0.25) is 0 Å². The molecule has 0 unspecified atom stereocenters. The third-order valence-electron chi connectivity index (χ3n) is 2.33. The molecule has 0 heterocycles. The van der Waals surface area contributed by atoms with Crippen molar-refractivity contribution in [2.75, 3.05) is 6.61 Å². The Labute approximate surface area is 104 Å². The average molecular weight is 290 g/mol.